The Labute approximate surface area is 277 Å². The molecule has 2 heterocycles. The van der Waals surface area contributed by atoms with Crippen LogP contribution in [0.4, 0.5) is 0 Å². The molecule has 0 bridgehead atoms. The fourth-order valence-corrected chi connectivity index (χ4v) is 6.19. The van der Waals surface area contributed by atoms with E-state index in [9.17, 15) is 19.2 Å². The molecule has 0 saturated heterocycles. The molecule has 1 atom stereocenters. The molecule has 46 heavy (non-hydrogen) atoms. The van der Waals surface area contributed by atoms with Gasteiger partial charge in [0.25, 0.3) is 5.56 Å². The Kier molecular flexibility index (Phi) is 11.5. The van der Waals surface area contributed by atoms with E-state index in [4.69, 9.17) is 42.1 Å². The second kappa shape index (κ2) is 15.3. The molecule has 2 aromatic carbocycles. The third-order valence-electron chi connectivity index (χ3n) is 6.55. The zero-order valence-electron chi connectivity index (χ0n) is 25.5. The molecule has 3 aromatic rings. The molecular formula is C31H30Cl2N2O10S. The number of carbonyl (C=O) groups excluding carboxylic acids is 3. The molecule has 1 aliphatic rings. The third-order valence-corrected chi connectivity index (χ3v) is 8.10. The number of halogens is 2. The van der Waals surface area contributed by atoms with Crippen molar-refractivity contribution in [3.8, 4) is 17.2 Å². The predicted molar refractivity (Wildman–Crippen MR) is 169 cm³/mol. The first-order chi connectivity index (χ1) is 22.0. The van der Waals surface area contributed by atoms with E-state index in [1.54, 1.807) is 45.0 Å². The van der Waals surface area contributed by atoms with Gasteiger partial charge in [0.05, 0.1) is 59.3 Å². The van der Waals surface area contributed by atoms with E-state index >= 15 is 0 Å². The van der Waals surface area contributed by atoms with Crippen LogP contribution in [0.25, 0.3) is 6.08 Å². The minimum absolute atomic E-state index is 0.0890. The first kappa shape index (κ1) is 34.5. The van der Waals surface area contributed by atoms with Crippen molar-refractivity contribution in [2.75, 3.05) is 40.6 Å². The summed E-state index contributed by atoms with van der Waals surface area (Å²) in [5, 5.41) is 0.235. The van der Waals surface area contributed by atoms with Gasteiger partial charge in [-0.15, -0.1) is 0 Å². The molecule has 0 fully saturated rings. The lowest BCUT2D eigenvalue weighted by Crippen LogP contribution is -2.40. The molecule has 0 aliphatic carbocycles. The number of hydrogen-bond acceptors (Lipinski definition) is 12. The Morgan fingerprint density at radius 2 is 1.59 bits per heavy atom. The van der Waals surface area contributed by atoms with Crippen molar-refractivity contribution in [1.29, 1.82) is 0 Å². The van der Waals surface area contributed by atoms with Gasteiger partial charge >= 0.3 is 17.9 Å². The number of hydrogen-bond donors (Lipinski definition) is 0. The number of carbonyl (C=O) groups is 3. The van der Waals surface area contributed by atoms with Crippen LogP contribution >= 0.6 is 34.5 Å². The van der Waals surface area contributed by atoms with Crippen molar-refractivity contribution >= 4 is 58.5 Å². The molecule has 0 spiro atoms. The van der Waals surface area contributed by atoms with Gasteiger partial charge in [0, 0.05) is 0 Å². The molecule has 1 aromatic heterocycles. The molecular weight excluding hydrogens is 663 g/mol. The van der Waals surface area contributed by atoms with E-state index in [1.807, 2.05) is 0 Å². The van der Waals surface area contributed by atoms with Crippen LogP contribution in [0, 0.1) is 0 Å². The number of ether oxygens (including phenoxy) is 6. The Bertz CT molecular complexity index is 1860. The highest BCUT2D eigenvalue weighted by Gasteiger charge is 2.34. The lowest BCUT2D eigenvalue weighted by Gasteiger charge is -2.25. The second-order valence-electron chi connectivity index (χ2n) is 9.48. The predicted octanol–water partition coefficient (Wildman–Crippen LogP) is 3.61. The normalized spacial score (nSPS) is 14.2. The lowest BCUT2D eigenvalue weighted by atomic mass is 9.95. The molecule has 0 saturated carbocycles. The van der Waals surface area contributed by atoms with E-state index in [0.717, 1.165) is 11.3 Å². The molecule has 244 valence electrons. The molecule has 0 unspecified atom stereocenters. The van der Waals surface area contributed by atoms with Gasteiger partial charge < -0.3 is 28.4 Å². The summed E-state index contributed by atoms with van der Waals surface area (Å²) in [4.78, 5) is 55.4. The summed E-state index contributed by atoms with van der Waals surface area (Å²) in [6, 6.07) is 7.03. The van der Waals surface area contributed by atoms with Gasteiger partial charge in [0.1, 0.15) is 0 Å². The van der Waals surface area contributed by atoms with Crippen LogP contribution in [0.5, 0.6) is 17.2 Å². The van der Waals surface area contributed by atoms with Crippen LogP contribution in [-0.2, 0) is 28.6 Å². The van der Waals surface area contributed by atoms with Gasteiger partial charge in [0.15, 0.2) is 35.3 Å². The maximum atomic E-state index is 14.0. The summed E-state index contributed by atoms with van der Waals surface area (Å²) >= 11 is 13.9. The number of rotatable bonds is 12. The van der Waals surface area contributed by atoms with Crippen molar-refractivity contribution in [2.45, 2.75) is 26.8 Å². The molecule has 1 aliphatic heterocycles. The first-order valence-corrected chi connectivity index (χ1v) is 15.4. The molecule has 0 radical (unpaired) electrons. The molecule has 15 heteroatoms. The Balaban J connectivity index is 1.85. The molecule has 12 nitrogen and oxygen atoms in total. The van der Waals surface area contributed by atoms with Gasteiger partial charge in [0.2, 0.25) is 0 Å². The third kappa shape index (κ3) is 7.54. The van der Waals surface area contributed by atoms with Crippen LogP contribution < -0.4 is 29.1 Å². The fourth-order valence-electron chi connectivity index (χ4n) is 4.53. The van der Waals surface area contributed by atoms with E-state index in [1.165, 1.54) is 30.9 Å². The Hall–Kier alpha value is -4.33. The minimum Gasteiger partial charge on any atom is -0.490 e. The number of esters is 3. The van der Waals surface area contributed by atoms with E-state index < -0.39 is 29.5 Å². The second-order valence-corrected chi connectivity index (χ2v) is 11.3. The molecule has 4 rings (SSSR count). The summed E-state index contributed by atoms with van der Waals surface area (Å²) in [7, 11) is 2.48. The molecule has 0 amide bonds. The lowest BCUT2D eigenvalue weighted by molar-refractivity contribution is -0.143. The largest absolute Gasteiger partial charge is 0.490 e. The summed E-state index contributed by atoms with van der Waals surface area (Å²) in [6.07, 6.45) is 1.58. The highest BCUT2D eigenvalue weighted by Crippen LogP contribution is 2.37. The van der Waals surface area contributed by atoms with Crippen LogP contribution in [0.1, 0.15) is 37.9 Å². The number of fused-ring (bicyclic) bond motifs is 1. The van der Waals surface area contributed by atoms with Crippen LogP contribution in [0.2, 0.25) is 10.0 Å². The average molecular weight is 694 g/mol. The fraction of sp³-hybridized carbons (Fsp3) is 0.323. The van der Waals surface area contributed by atoms with E-state index in [0.29, 0.717) is 27.4 Å². The van der Waals surface area contributed by atoms with Crippen LogP contribution in [-0.4, -0.2) is 63.1 Å². The maximum Gasteiger partial charge on any atom is 0.343 e. The van der Waals surface area contributed by atoms with Gasteiger partial charge in [-0.2, -0.15) is 0 Å². The zero-order chi connectivity index (χ0) is 33.5. The van der Waals surface area contributed by atoms with Crippen molar-refractivity contribution in [1.82, 2.24) is 4.57 Å². The number of aromatic nitrogens is 1. The van der Waals surface area contributed by atoms with Crippen LogP contribution in [0.3, 0.4) is 0 Å². The molecule has 0 N–H and O–H groups in total. The Morgan fingerprint density at radius 3 is 2.20 bits per heavy atom. The number of methoxy groups -OCH3 is 2. The topological polar surface area (TPSA) is 141 Å². The summed E-state index contributed by atoms with van der Waals surface area (Å²) in [5.74, 6) is -1.16. The average Bonchev–Trinajstić information content (AvgIpc) is 3.32. The Morgan fingerprint density at radius 1 is 0.935 bits per heavy atom. The van der Waals surface area contributed by atoms with Crippen molar-refractivity contribution in [2.24, 2.45) is 4.99 Å². The van der Waals surface area contributed by atoms with Gasteiger partial charge in [-0.1, -0.05) is 40.6 Å². The summed E-state index contributed by atoms with van der Waals surface area (Å²) in [6.45, 7) is 4.78. The van der Waals surface area contributed by atoms with E-state index in [-0.39, 0.29) is 58.1 Å². The van der Waals surface area contributed by atoms with Gasteiger partial charge in [-0.3, -0.25) is 9.36 Å². The standard InChI is InChI=1S/C31H30Cl2N2O10S/c1-6-42-22-13-18(8-9-21(22)44-14-24(36)40-4)27-26(30(39)43-7-2)16(3)34-31-35(27)29(38)23(46-31)12-17-10-19(32)28(20(33)11-17)45-15-25(37)41-5/h8-13,27H,6-7,14-15H2,1-5H3/b23-12-/t27-/m1/s1. The van der Waals surface area contributed by atoms with E-state index in [2.05, 4.69) is 14.5 Å². The minimum atomic E-state index is -0.937. The highest BCUT2D eigenvalue weighted by atomic mass is 35.5. The first-order valence-electron chi connectivity index (χ1n) is 13.9. The number of allylic oxidation sites excluding steroid dienone is 1. The van der Waals surface area contributed by atoms with Crippen molar-refractivity contribution in [3.63, 3.8) is 0 Å². The quantitative estimate of drug-likeness (QED) is 0.204. The monoisotopic (exact) mass is 692 g/mol. The number of nitrogens with zero attached hydrogens (tertiary/aromatic N) is 2. The highest BCUT2D eigenvalue weighted by molar-refractivity contribution is 7.07. The van der Waals surface area contributed by atoms with Crippen LogP contribution in [0.15, 0.2) is 51.4 Å². The van der Waals surface area contributed by atoms with Crippen molar-refractivity contribution < 1.29 is 42.8 Å². The summed E-state index contributed by atoms with van der Waals surface area (Å²) < 4.78 is 33.1. The SMILES string of the molecule is CCOC(=O)C1=C(C)N=c2s/c(=C\c3cc(Cl)c(OCC(=O)OC)c(Cl)c3)c(=O)n2[C@@H]1c1ccc(OCC(=O)OC)c(OCC)c1. The maximum absolute atomic E-state index is 14.0. The number of benzene rings is 2. The summed E-state index contributed by atoms with van der Waals surface area (Å²) in [5.41, 5.74) is 1.10. The van der Waals surface area contributed by atoms with Gasteiger partial charge in [-0.25, -0.2) is 19.4 Å². The van der Waals surface area contributed by atoms with Gasteiger partial charge in [-0.05, 0) is 62.2 Å². The smallest absolute Gasteiger partial charge is 0.343 e. The zero-order valence-corrected chi connectivity index (χ0v) is 27.8. The van der Waals surface area contributed by atoms with Crippen molar-refractivity contribution in [3.05, 3.63) is 82.5 Å². The number of thiazole rings is 1.